The Bertz CT molecular complexity index is 979. The molecule has 0 aliphatic heterocycles. The second-order valence-electron chi connectivity index (χ2n) is 9.46. The Labute approximate surface area is 196 Å². The van der Waals surface area contributed by atoms with Gasteiger partial charge in [0.2, 0.25) is 0 Å². The van der Waals surface area contributed by atoms with Crippen LogP contribution in [0.5, 0.6) is 0 Å². The Morgan fingerprint density at radius 1 is 1.09 bits per heavy atom. The molecule has 0 saturated heterocycles. The number of fused-ring (bicyclic) bond motifs is 1. The molecule has 0 fully saturated rings. The summed E-state index contributed by atoms with van der Waals surface area (Å²) >= 11 is 1.67. The average Bonchev–Trinajstić information content (AvgIpc) is 3.41. The van der Waals surface area contributed by atoms with E-state index in [1.807, 2.05) is 23.1 Å². The molecule has 0 bridgehead atoms. The molecule has 2 heterocycles. The van der Waals surface area contributed by atoms with Gasteiger partial charge in [0.1, 0.15) is 5.82 Å². The average molecular weight is 455 g/mol. The number of hydrogen-bond acceptors (Lipinski definition) is 4. The molecule has 1 amide bonds. The number of carbonyl (C=O) groups is 1. The van der Waals surface area contributed by atoms with E-state index in [1.54, 1.807) is 11.3 Å². The van der Waals surface area contributed by atoms with Crippen LogP contribution in [0.15, 0.2) is 35.0 Å². The van der Waals surface area contributed by atoms with Crippen molar-refractivity contribution in [3.8, 4) is 11.4 Å². The zero-order chi connectivity index (χ0) is 23.1. The monoisotopic (exact) mass is 454 g/mol. The van der Waals surface area contributed by atoms with Gasteiger partial charge in [-0.2, -0.15) is 11.3 Å². The topological polar surface area (TPSA) is 64.2 Å². The molecule has 3 aromatic rings. The summed E-state index contributed by atoms with van der Waals surface area (Å²) in [6.07, 6.45) is 4.00. The Morgan fingerprint density at radius 3 is 2.41 bits per heavy atom. The van der Waals surface area contributed by atoms with Gasteiger partial charge in [0.15, 0.2) is 0 Å². The van der Waals surface area contributed by atoms with E-state index in [0.29, 0.717) is 18.4 Å². The SMILES string of the molecule is CC(C)CCN(CCC(C)C)C(=O)c1ccc2nc(-c3ccsc3)n(CCCCN)c2c1. The summed E-state index contributed by atoms with van der Waals surface area (Å²) in [6.45, 7) is 12.0. The van der Waals surface area contributed by atoms with E-state index in [4.69, 9.17) is 10.7 Å². The van der Waals surface area contributed by atoms with E-state index in [-0.39, 0.29) is 5.91 Å². The third-order valence-electron chi connectivity index (χ3n) is 5.85. The highest BCUT2D eigenvalue weighted by molar-refractivity contribution is 7.08. The van der Waals surface area contributed by atoms with Crippen LogP contribution < -0.4 is 5.73 Å². The first-order valence-electron chi connectivity index (χ1n) is 11.9. The van der Waals surface area contributed by atoms with Crippen LogP contribution in [0.1, 0.15) is 63.7 Å². The predicted molar refractivity (Wildman–Crippen MR) is 136 cm³/mol. The maximum atomic E-state index is 13.5. The fraction of sp³-hybridized carbons (Fsp3) is 0.538. The van der Waals surface area contributed by atoms with Crippen molar-refractivity contribution in [3.63, 3.8) is 0 Å². The third kappa shape index (κ3) is 6.20. The molecule has 0 radical (unpaired) electrons. The van der Waals surface area contributed by atoms with Gasteiger partial charge in [-0.1, -0.05) is 27.7 Å². The molecule has 6 heteroatoms. The van der Waals surface area contributed by atoms with Gasteiger partial charge < -0.3 is 15.2 Å². The highest BCUT2D eigenvalue weighted by atomic mass is 32.1. The fourth-order valence-electron chi connectivity index (χ4n) is 3.83. The Morgan fingerprint density at radius 2 is 1.81 bits per heavy atom. The van der Waals surface area contributed by atoms with Gasteiger partial charge >= 0.3 is 0 Å². The molecule has 0 spiro atoms. The van der Waals surface area contributed by atoms with Crippen molar-refractivity contribution in [2.45, 2.75) is 59.9 Å². The molecule has 0 saturated carbocycles. The van der Waals surface area contributed by atoms with Crippen molar-refractivity contribution < 1.29 is 4.79 Å². The van der Waals surface area contributed by atoms with Gasteiger partial charge in [-0.25, -0.2) is 4.98 Å². The molecule has 174 valence electrons. The van der Waals surface area contributed by atoms with Gasteiger partial charge in [0, 0.05) is 36.1 Å². The van der Waals surface area contributed by atoms with Crippen molar-refractivity contribution in [1.29, 1.82) is 0 Å². The number of hydrogen-bond donors (Lipinski definition) is 1. The lowest BCUT2D eigenvalue weighted by Crippen LogP contribution is -2.34. The fourth-order valence-corrected chi connectivity index (χ4v) is 4.47. The van der Waals surface area contributed by atoms with E-state index in [0.717, 1.165) is 73.3 Å². The molecule has 1 aromatic carbocycles. The van der Waals surface area contributed by atoms with Crippen molar-refractivity contribution in [2.24, 2.45) is 17.6 Å². The highest BCUT2D eigenvalue weighted by Crippen LogP contribution is 2.28. The number of amides is 1. The minimum Gasteiger partial charge on any atom is -0.339 e. The minimum atomic E-state index is 0.125. The molecule has 2 aromatic heterocycles. The predicted octanol–water partition coefficient (Wildman–Crippen LogP) is 6.04. The second-order valence-corrected chi connectivity index (χ2v) is 10.2. The molecule has 0 aliphatic rings. The van der Waals surface area contributed by atoms with Gasteiger partial charge in [-0.15, -0.1) is 0 Å². The summed E-state index contributed by atoms with van der Waals surface area (Å²) in [6, 6.07) is 8.09. The molecule has 3 rings (SSSR count). The zero-order valence-electron chi connectivity index (χ0n) is 20.0. The smallest absolute Gasteiger partial charge is 0.253 e. The van der Waals surface area contributed by atoms with E-state index in [9.17, 15) is 4.79 Å². The zero-order valence-corrected chi connectivity index (χ0v) is 20.8. The van der Waals surface area contributed by atoms with Crippen LogP contribution in [0.3, 0.4) is 0 Å². The van der Waals surface area contributed by atoms with Crippen molar-refractivity contribution in [1.82, 2.24) is 14.5 Å². The third-order valence-corrected chi connectivity index (χ3v) is 6.53. The number of carbonyl (C=O) groups excluding carboxylic acids is 1. The van der Waals surface area contributed by atoms with Crippen LogP contribution in [0.4, 0.5) is 0 Å². The van der Waals surface area contributed by atoms with Crippen LogP contribution in [0, 0.1) is 11.8 Å². The number of imidazole rings is 1. The summed E-state index contributed by atoms with van der Waals surface area (Å²) in [5, 5.41) is 4.21. The lowest BCUT2D eigenvalue weighted by atomic mass is 10.1. The van der Waals surface area contributed by atoms with Gasteiger partial charge in [-0.05, 0) is 73.7 Å². The number of nitrogens with zero attached hydrogens (tertiary/aromatic N) is 3. The minimum absolute atomic E-state index is 0.125. The molecule has 0 aliphatic carbocycles. The van der Waals surface area contributed by atoms with Crippen LogP contribution in [-0.2, 0) is 6.54 Å². The summed E-state index contributed by atoms with van der Waals surface area (Å²) < 4.78 is 2.26. The van der Waals surface area contributed by atoms with Crippen LogP contribution in [0.2, 0.25) is 0 Å². The largest absolute Gasteiger partial charge is 0.339 e. The quantitative estimate of drug-likeness (QED) is 0.339. The summed E-state index contributed by atoms with van der Waals surface area (Å²) in [4.78, 5) is 20.5. The van der Waals surface area contributed by atoms with E-state index in [2.05, 4.69) is 49.1 Å². The van der Waals surface area contributed by atoms with E-state index in [1.165, 1.54) is 0 Å². The normalized spacial score (nSPS) is 11.7. The molecule has 2 N–H and O–H groups in total. The first-order chi connectivity index (χ1) is 15.4. The summed E-state index contributed by atoms with van der Waals surface area (Å²) in [7, 11) is 0. The number of aromatic nitrogens is 2. The molecule has 5 nitrogen and oxygen atoms in total. The highest BCUT2D eigenvalue weighted by Gasteiger charge is 2.19. The van der Waals surface area contributed by atoms with Gasteiger partial charge in [0.25, 0.3) is 5.91 Å². The maximum absolute atomic E-state index is 13.5. The Hall–Kier alpha value is -2.18. The lowest BCUT2D eigenvalue weighted by molar-refractivity contribution is 0.0741. The molecular formula is C26H38N4OS. The Balaban J connectivity index is 1.95. The molecule has 32 heavy (non-hydrogen) atoms. The van der Waals surface area contributed by atoms with Crippen molar-refractivity contribution in [3.05, 3.63) is 40.6 Å². The van der Waals surface area contributed by atoms with Crippen LogP contribution in [0.25, 0.3) is 22.4 Å². The lowest BCUT2D eigenvalue weighted by Gasteiger charge is -2.24. The molecule has 0 unspecified atom stereocenters. The van der Waals surface area contributed by atoms with Crippen LogP contribution >= 0.6 is 11.3 Å². The van der Waals surface area contributed by atoms with Crippen LogP contribution in [-0.4, -0.2) is 40.0 Å². The first-order valence-corrected chi connectivity index (χ1v) is 12.9. The number of aryl methyl sites for hydroxylation is 1. The Kier molecular flexibility index (Phi) is 8.88. The maximum Gasteiger partial charge on any atom is 0.253 e. The number of thiophene rings is 1. The van der Waals surface area contributed by atoms with Crippen molar-refractivity contribution >= 4 is 28.3 Å². The number of nitrogens with two attached hydrogens (primary N) is 1. The molecule has 0 atom stereocenters. The number of unbranched alkanes of at least 4 members (excludes halogenated alkanes) is 1. The first kappa shape index (κ1) is 24.5. The standard InChI is InChI=1S/C26H38N4OS/c1-19(2)9-14-29(15-10-20(3)4)26(31)21-7-8-23-24(17-21)30(13-6-5-12-27)25(28-23)22-11-16-32-18-22/h7-8,11,16-20H,5-6,9-10,12-15,27H2,1-4H3. The van der Waals surface area contributed by atoms with Gasteiger partial charge in [0.05, 0.1) is 11.0 Å². The van der Waals surface area contributed by atoms with Crippen molar-refractivity contribution in [2.75, 3.05) is 19.6 Å². The summed E-state index contributed by atoms with van der Waals surface area (Å²) in [5.41, 5.74) is 9.58. The number of rotatable bonds is 12. The van der Waals surface area contributed by atoms with Gasteiger partial charge in [-0.3, -0.25) is 4.79 Å². The summed E-state index contributed by atoms with van der Waals surface area (Å²) in [5.74, 6) is 2.24. The van der Waals surface area contributed by atoms with E-state index < -0.39 is 0 Å². The van der Waals surface area contributed by atoms with E-state index >= 15 is 0 Å². The number of benzene rings is 1. The second kappa shape index (κ2) is 11.6. The molecular weight excluding hydrogens is 416 g/mol.